The van der Waals surface area contributed by atoms with Crippen LogP contribution >= 0.6 is 0 Å². The largest absolute Gasteiger partial charge is 0.423 e. The van der Waals surface area contributed by atoms with E-state index in [9.17, 15) is 19.8 Å². The third-order valence-corrected chi connectivity index (χ3v) is 8.54. The highest BCUT2D eigenvalue weighted by Crippen LogP contribution is 2.39. The van der Waals surface area contributed by atoms with Crippen molar-refractivity contribution in [2.24, 2.45) is 5.92 Å². The van der Waals surface area contributed by atoms with Crippen molar-refractivity contribution in [2.75, 3.05) is 13.2 Å². The summed E-state index contributed by atoms with van der Waals surface area (Å²) < 4.78 is 10.9. The maximum absolute atomic E-state index is 12.4. The second-order valence-corrected chi connectivity index (χ2v) is 11.7. The zero-order valence-electron chi connectivity index (χ0n) is 25.3. The molecule has 0 radical (unpaired) electrons. The number of ether oxygens (including phenoxy) is 2. The van der Waals surface area contributed by atoms with Crippen molar-refractivity contribution in [2.45, 2.75) is 77.0 Å². The number of unbranched alkanes of at least 4 members (excludes halogenated alkanes) is 4. The quantitative estimate of drug-likeness (QED) is 0.0862. The summed E-state index contributed by atoms with van der Waals surface area (Å²) in [6, 6.07) is 17.6. The minimum atomic E-state index is -0.786. The van der Waals surface area contributed by atoms with Gasteiger partial charge in [0.15, 0.2) is 0 Å². The van der Waals surface area contributed by atoms with Gasteiger partial charge in [-0.05, 0) is 71.7 Å². The number of hydrogen-bond acceptors (Lipinski definition) is 6. The minimum Gasteiger partial charge on any atom is -0.423 e. The first-order valence-electron chi connectivity index (χ1n) is 15.5. The van der Waals surface area contributed by atoms with Gasteiger partial charge in [-0.15, -0.1) is 0 Å². The standard InChI is InChI=1S/C37H44O6/c1-4-5-6-7-8-9-27-10-12-28(13-11-27)29-14-16-30(17-15-29)31-18-19-34-32(20-31)21-33(42-36(40)25(2)23-38)22-35(34)43-37(41)26(3)24-39/h14-22,27-28,38-39H,2-13,23-24H2,1H3. The van der Waals surface area contributed by atoms with Crippen LogP contribution in [0.3, 0.4) is 0 Å². The van der Waals surface area contributed by atoms with Gasteiger partial charge in [-0.2, -0.15) is 0 Å². The zero-order valence-corrected chi connectivity index (χ0v) is 25.3. The van der Waals surface area contributed by atoms with E-state index < -0.39 is 25.2 Å². The maximum Gasteiger partial charge on any atom is 0.341 e. The van der Waals surface area contributed by atoms with Crippen LogP contribution in [-0.4, -0.2) is 35.4 Å². The molecule has 1 aliphatic rings. The lowest BCUT2D eigenvalue weighted by atomic mass is 9.77. The van der Waals surface area contributed by atoms with Crippen LogP contribution in [0, 0.1) is 5.92 Å². The van der Waals surface area contributed by atoms with Gasteiger partial charge in [-0.25, -0.2) is 9.59 Å². The van der Waals surface area contributed by atoms with Crippen LogP contribution in [0.1, 0.15) is 82.6 Å². The molecule has 0 aromatic heterocycles. The number of benzene rings is 3. The van der Waals surface area contributed by atoms with Gasteiger partial charge < -0.3 is 19.7 Å². The molecule has 0 heterocycles. The Morgan fingerprint density at radius 1 is 0.767 bits per heavy atom. The maximum atomic E-state index is 12.4. The van der Waals surface area contributed by atoms with Crippen LogP contribution in [0.15, 0.2) is 78.9 Å². The predicted octanol–water partition coefficient (Wildman–Crippen LogP) is 8.05. The number of hydrogen-bond donors (Lipinski definition) is 2. The molecule has 43 heavy (non-hydrogen) atoms. The highest BCUT2D eigenvalue weighted by atomic mass is 16.5. The summed E-state index contributed by atoms with van der Waals surface area (Å²) in [7, 11) is 0. The molecule has 0 unspecified atom stereocenters. The van der Waals surface area contributed by atoms with E-state index in [2.05, 4.69) is 44.3 Å². The molecular formula is C37H44O6. The van der Waals surface area contributed by atoms with Crippen molar-refractivity contribution in [3.63, 3.8) is 0 Å². The molecule has 3 aromatic rings. The minimum absolute atomic E-state index is 0.1000. The smallest absolute Gasteiger partial charge is 0.341 e. The summed E-state index contributed by atoms with van der Waals surface area (Å²) in [6.07, 6.45) is 13.3. The monoisotopic (exact) mass is 584 g/mol. The van der Waals surface area contributed by atoms with Crippen LogP contribution in [0.5, 0.6) is 11.5 Å². The SMILES string of the molecule is C=C(CO)C(=O)Oc1cc(OC(=O)C(=C)CO)c2ccc(-c3ccc(C4CCC(CCCCCCC)CC4)cc3)cc2c1. The Morgan fingerprint density at radius 2 is 1.40 bits per heavy atom. The van der Waals surface area contributed by atoms with Crippen molar-refractivity contribution in [3.8, 4) is 22.6 Å². The summed E-state index contributed by atoms with van der Waals surface area (Å²) in [5.74, 6) is 0.214. The van der Waals surface area contributed by atoms with Gasteiger partial charge in [0.05, 0.1) is 24.4 Å². The third-order valence-electron chi connectivity index (χ3n) is 8.54. The zero-order chi connectivity index (χ0) is 30.8. The molecule has 0 bridgehead atoms. The average Bonchev–Trinajstić information content (AvgIpc) is 3.03. The Hall–Kier alpha value is -3.74. The fraction of sp³-hybridized carbons (Fsp3) is 0.405. The van der Waals surface area contributed by atoms with Gasteiger partial charge in [0.2, 0.25) is 0 Å². The second-order valence-electron chi connectivity index (χ2n) is 11.7. The van der Waals surface area contributed by atoms with Crippen LogP contribution in [0.4, 0.5) is 0 Å². The van der Waals surface area contributed by atoms with E-state index >= 15 is 0 Å². The van der Waals surface area contributed by atoms with Gasteiger partial charge in [-0.1, -0.05) is 95.0 Å². The van der Waals surface area contributed by atoms with Gasteiger partial charge in [0, 0.05) is 11.5 Å². The van der Waals surface area contributed by atoms with E-state index in [1.807, 2.05) is 18.2 Å². The van der Waals surface area contributed by atoms with Crippen molar-refractivity contribution in [1.82, 2.24) is 0 Å². The molecule has 3 aromatic carbocycles. The van der Waals surface area contributed by atoms with Crippen LogP contribution < -0.4 is 9.47 Å². The molecular weight excluding hydrogens is 540 g/mol. The Balaban J connectivity index is 1.50. The molecule has 0 atom stereocenters. The molecule has 0 saturated heterocycles. The lowest BCUT2D eigenvalue weighted by molar-refractivity contribution is -0.131. The fourth-order valence-electron chi connectivity index (χ4n) is 5.88. The van der Waals surface area contributed by atoms with E-state index in [4.69, 9.17) is 9.47 Å². The summed E-state index contributed by atoms with van der Waals surface area (Å²) in [4.78, 5) is 24.7. The molecule has 2 N–H and O–H groups in total. The summed E-state index contributed by atoms with van der Waals surface area (Å²) in [5.41, 5.74) is 3.21. The first-order chi connectivity index (χ1) is 20.8. The molecule has 6 nitrogen and oxygen atoms in total. The number of esters is 2. The number of rotatable bonds is 14. The summed E-state index contributed by atoms with van der Waals surface area (Å²) in [6.45, 7) is 8.22. The number of aliphatic hydroxyl groups is 2. The highest BCUT2D eigenvalue weighted by molar-refractivity contribution is 5.98. The first-order valence-corrected chi connectivity index (χ1v) is 15.5. The van der Waals surface area contributed by atoms with E-state index in [-0.39, 0.29) is 22.6 Å². The highest BCUT2D eigenvalue weighted by Gasteiger charge is 2.22. The molecule has 6 heteroatoms. The third kappa shape index (κ3) is 8.65. The van der Waals surface area contributed by atoms with E-state index in [1.165, 1.54) is 75.8 Å². The molecule has 0 spiro atoms. The molecule has 0 aliphatic heterocycles. The number of carbonyl (C=O) groups excluding carboxylic acids is 2. The van der Waals surface area contributed by atoms with Crippen LogP contribution in [0.2, 0.25) is 0 Å². The van der Waals surface area contributed by atoms with Crippen LogP contribution in [-0.2, 0) is 9.59 Å². The summed E-state index contributed by atoms with van der Waals surface area (Å²) in [5, 5.41) is 19.8. The number of carbonyl (C=O) groups is 2. The molecule has 1 fully saturated rings. The van der Waals surface area contributed by atoms with Gasteiger partial charge in [0.25, 0.3) is 0 Å². The topological polar surface area (TPSA) is 93.1 Å². The van der Waals surface area contributed by atoms with E-state index in [1.54, 1.807) is 6.07 Å². The van der Waals surface area contributed by atoms with Gasteiger partial charge in [0.1, 0.15) is 11.5 Å². The second kappa shape index (κ2) is 15.6. The molecule has 1 aliphatic carbocycles. The van der Waals surface area contributed by atoms with Crippen LogP contribution in [0.25, 0.3) is 21.9 Å². The van der Waals surface area contributed by atoms with Gasteiger partial charge in [-0.3, -0.25) is 0 Å². The molecule has 228 valence electrons. The molecule has 4 rings (SSSR count). The molecule has 0 amide bonds. The van der Waals surface area contributed by atoms with Gasteiger partial charge >= 0.3 is 11.9 Å². The van der Waals surface area contributed by atoms with E-state index in [0.29, 0.717) is 16.7 Å². The van der Waals surface area contributed by atoms with Crippen molar-refractivity contribution in [1.29, 1.82) is 0 Å². The Labute approximate surface area is 255 Å². The van der Waals surface area contributed by atoms with Crippen molar-refractivity contribution < 1.29 is 29.3 Å². The fourth-order valence-corrected chi connectivity index (χ4v) is 5.88. The Morgan fingerprint density at radius 3 is 2.05 bits per heavy atom. The lowest BCUT2D eigenvalue weighted by Crippen LogP contribution is -2.14. The molecule has 1 saturated carbocycles. The number of fused-ring (bicyclic) bond motifs is 1. The first kappa shape index (κ1) is 32.2. The lowest BCUT2D eigenvalue weighted by Gasteiger charge is -2.29. The Bertz CT molecular complexity index is 1430. The predicted molar refractivity (Wildman–Crippen MR) is 171 cm³/mol. The van der Waals surface area contributed by atoms with E-state index in [0.717, 1.165) is 17.0 Å². The number of aliphatic hydroxyl groups excluding tert-OH is 2. The normalized spacial score (nSPS) is 16.5. The van der Waals surface area contributed by atoms with Crippen molar-refractivity contribution in [3.05, 3.63) is 84.5 Å². The summed E-state index contributed by atoms with van der Waals surface area (Å²) >= 11 is 0. The Kier molecular flexibility index (Phi) is 11.7. The average molecular weight is 585 g/mol. The van der Waals surface area contributed by atoms with Crippen molar-refractivity contribution >= 4 is 22.7 Å².